The molecule has 0 atom stereocenters. The topological polar surface area (TPSA) is 69.0 Å². The number of carbonyl (C=O) groups excluding carboxylic acids is 1. The lowest BCUT2D eigenvalue weighted by atomic mass is 9.97. The Balaban J connectivity index is 0.000000645. The molecule has 5 heterocycles. The summed E-state index contributed by atoms with van der Waals surface area (Å²) >= 11 is 0. The number of hydrogen-bond acceptors (Lipinski definition) is 6. The first-order chi connectivity index (χ1) is 14.1. The zero-order valence-electron chi connectivity index (χ0n) is 17.9. The van der Waals surface area contributed by atoms with Crippen LogP contribution >= 0.6 is 0 Å². The summed E-state index contributed by atoms with van der Waals surface area (Å²) in [7, 11) is 5.92. The van der Waals surface area contributed by atoms with Gasteiger partial charge in [-0.15, -0.1) is 0 Å². The number of amides is 1. The molecule has 2 fully saturated rings. The molecule has 0 bridgehead atoms. The molecule has 1 amide bonds. The predicted molar refractivity (Wildman–Crippen MR) is 114 cm³/mol. The fourth-order valence-corrected chi connectivity index (χ4v) is 4.51. The SMILES string of the molecule is CN1CCc2nc3ccnn3c(N3CC(C(=O)N4CCCC4)C3)c2CC1.CNC. The van der Waals surface area contributed by atoms with E-state index < -0.39 is 0 Å². The quantitative estimate of drug-likeness (QED) is 0.800. The van der Waals surface area contributed by atoms with Gasteiger partial charge in [0.05, 0.1) is 17.8 Å². The Kier molecular flexibility index (Phi) is 6.01. The smallest absolute Gasteiger partial charge is 0.229 e. The normalized spacial score (nSPS) is 20.1. The summed E-state index contributed by atoms with van der Waals surface area (Å²) in [5.74, 6) is 1.64. The van der Waals surface area contributed by atoms with Crippen molar-refractivity contribution >= 4 is 17.4 Å². The molecule has 8 heteroatoms. The molecule has 0 unspecified atom stereocenters. The first-order valence-corrected chi connectivity index (χ1v) is 10.8. The zero-order valence-corrected chi connectivity index (χ0v) is 17.9. The van der Waals surface area contributed by atoms with E-state index in [1.165, 1.54) is 11.3 Å². The molecule has 5 rings (SSSR count). The Hall–Kier alpha value is -2.19. The average Bonchev–Trinajstić information content (AvgIpc) is 3.32. The third-order valence-corrected chi connectivity index (χ3v) is 6.11. The van der Waals surface area contributed by atoms with Gasteiger partial charge in [0.25, 0.3) is 0 Å². The van der Waals surface area contributed by atoms with Crippen molar-refractivity contribution < 1.29 is 4.79 Å². The Morgan fingerprint density at radius 1 is 1.10 bits per heavy atom. The van der Waals surface area contributed by atoms with Crippen LogP contribution in [0, 0.1) is 5.92 Å². The van der Waals surface area contributed by atoms with Crippen molar-refractivity contribution in [3.63, 3.8) is 0 Å². The van der Waals surface area contributed by atoms with Gasteiger partial charge in [-0.25, -0.2) is 4.98 Å². The van der Waals surface area contributed by atoms with Crippen LogP contribution in [0.4, 0.5) is 5.82 Å². The van der Waals surface area contributed by atoms with Gasteiger partial charge in [-0.05, 0) is 40.4 Å². The summed E-state index contributed by atoms with van der Waals surface area (Å²) < 4.78 is 1.97. The van der Waals surface area contributed by atoms with E-state index in [9.17, 15) is 4.79 Å². The van der Waals surface area contributed by atoms with Gasteiger partial charge in [-0.2, -0.15) is 9.61 Å². The van der Waals surface area contributed by atoms with Crippen LogP contribution in [0.3, 0.4) is 0 Å². The molecule has 1 N–H and O–H groups in total. The molecule has 3 aliphatic rings. The van der Waals surface area contributed by atoms with E-state index in [2.05, 4.69) is 27.3 Å². The minimum atomic E-state index is 0.135. The summed E-state index contributed by atoms with van der Waals surface area (Å²) in [6.07, 6.45) is 6.10. The number of likely N-dealkylation sites (tertiary alicyclic amines) is 1. The van der Waals surface area contributed by atoms with Gasteiger partial charge in [0.2, 0.25) is 5.91 Å². The van der Waals surface area contributed by atoms with E-state index in [-0.39, 0.29) is 5.92 Å². The van der Waals surface area contributed by atoms with Crippen molar-refractivity contribution in [2.75, 3.05) is 65.3 Å². The Morgan fingerprint density at radius 3 is 2.52 bits per heavy atom. The largest absolute Gasteiger partial charge is 0.354 e. The molecule has 158 valence electrons. The van der Waals surface area contributed by atoms with Crippen molar-refractivity contribution in [3.8, 4) is 0 Å². The molecule has 2 aromatic heterocycles. The lowest BCUT2D eigenvalue weighted by Crippen LogP contribution is -2.55. The van der Waals surface area contributed by atoms with Crippen molar-refractivity contribution in [2.45, 2.75) is 25.7 Å². The molecular weight excluding hydrogens is 366 g/mol. The highest BCUT2D eigenvalue weighted by atomic mass is 16.2. The minimum Gasteiger partial charge on any atom is -0.354 e. The van der Waals surface area contributed by atoms with Crippen LogP contribution < -0.4 is 10.2 Å². The number of hydrogen-bond donors (Lipinski definition) is 1. The number of rotatable bonds is 2. The molecule has 2 saturated heterocycles. The summed E-state index contributed by atoms with van der Waals surface area (Å²) in [4.78, 5) is 24.3. The number of carbonyl (C=O) groups is 1. The van der Waals surface area contributed by atoms with Crippen LogP contribution in [0.5, 0.6) is 0 Å². The molecule has 0 radical (unpaired) electrons. The van der Waals surface area contributed by atoms with Crippen LogP contribution in [-0.2, 0) is 17.6 Å². The van der Waals surface area contributed by atoms with Gasteiger partial charge in [0.15, 0.2) is 5.65 Å². The fourth-order valence-electron chi connectivity index (χ4n) is 4.51. The van der Waals surface area contributed by atoms with E-state index in [1.54, 1.807) is 0 Å². The third kappa shape index (κ3) is 3.96. The highest BCUT2D eigenvalue weighted by molar-refractivity contribution is 5.82. The third-order valence-electron chi connectivity index (χ3n) is 6.11. The Morgan fingerprint density at radius 2 is 1.79 bits per heavy atom. The zero-order chi connectivity index (χ0) is 20.4. The molecule has 0 spiro atoms. The first-order valence-electron chi connectivity index (χ1n) is 10.8. The van der Waals surface area contributed by atoms with E-state index in [0.717, 1.165) is 76.4 Å². The molecule has 0 aromatic carbocycles. The standard InChI is InChI=1S/C19H26N6O.C2H7N/c1-22-10-5-15-16(6-11-22)21-17-4-7-20-25(17)18(15)24-12-14(13-24)19(26)23-8-2-3-9-23;1-3-2/h4,7,14H,2-3,5-6,8-13H2,1H3;3H,1-2H3. The Bertz CT molecular complexity index is 852. The second-order valence-electron chi connectivity index (χ2n) is 8.40. The number of anilines is 1. The van der Waals surface area contributed by atoms with Crippen LogP contribution in [0.1, 0.15) is 24.1 Å². The molecule has 2 aromatic rings. The summed E-state index contributed by atoms with van der Waals surface area (Å²) in [5, 5.41) is 7.28. The molecule has 29 heavy (non-hydrogen) atoms. The second kappa shape index (κ2) is 8.67. The average molecular weight is 400 g/mol. The van der Waals surface area contributed by atoms with Gasteiger partial charge in [-0.1, -0.05) is 0 Å². The molecular formula is C21H33N7O. The molecule has 0 aliphatic carbocycles. The maximum Gasteiger partial charge on any atom is 0.229 e. The Labute approximate surface area is 172 Å². The van der Waals surface area contributed by atoms with Gasteiger partial charge in [-0.3, -0.25) is 4.79 Å². The highest BCUT2D eigenvalue weighted by Gasteiger charge is 2.38. The second-order valence-corrected chi connectivity index (χ2v) is 8.40. The lowest BCUT2D eigenvalue weighted by Gasteiger charge is -2.42. The summed E-state index contributed by atoms with van der Waals surface area (Å²) in [6, 6.07) is 1.98. The fraction of sp³-hybridized carbons (Fsp3) is 0.667. The van der Waals surface area contributed by atoms with E-state index in [1.807, 2.05) is 35.8 Å². The van der Waals surface area contributed by atoms with Crippen molar-refractivity contribution in [1.29, 1.82) is 0 Å². The number of fused-ring (bicyclic) bond motifs is 2. The summed E-state index contributed by atoms with van der Waals surface area (Å²) in [5.41, 5.74) is 3.43. The van der Waals surface area contributed by atoms with Gasteiger partial charge >= 0.3 is 0 Å². The molecule has 8 nitrogen and oxygen atoms in total. The van der Waals surface area contributed by atoms with Gasteiger partial charge < -0.3 is 20.0 Å². The highest BCUT2D eigenvalue weighted by Crippen LogP contribution is 2.32. The van der Waals surface area contributed by atoms with Crippen LogP contribution in [-0.4, -0.2) is 90.7 Å². The van der Waals surface area contributed by atoms with Gasteiger partial charge in [0.1, 0.15) is 5.82 Å². The number of likely N-dealkylation sites (N-methyl/N-ethyl adjacent to an activating group) is 1. The predicted octanol–water partition coefficient (Wildman–Crippen LogP) is 0.654. The van der Waals surface area contributed by atoms with E-state index in [4.69, 9.17) is 4.98 Å². The van der Waals surface area contributed by atoms with Crippen LogP contribution in [0.25, 0.3) is 5.65 Å². The van der Waals surface area contributed by atoms with Crippen LogP contribution in [0.15, 0.2) is 12.3 Å². The first kappa shape index (κ1) is 20.1. The number of nitrogens with zero attached hydrogens (tertiary/aromatic N) is 6. The maximum atomic E-state index is 12.7. The lowest BCUT2D eigenvalue weighted by molar-refractivity contribution is -0.135. The molecule has 0 saturated carbocycles. The number of nitrogens with one attached hydrogen (secondary N) is 1. The van der Waals surface area contributed by atoms with E-state index in [0.29, 0.717) is 5.91 Å². The monoisotopic (exact) mass is 399 g/mol. The number of aromatic nitrogens is 3. The van der Waals surface area contributed by atoms with Crippen molar-refractivity contribution in [2.24, 2.45) is 5.92 Å². The molecule has 3 aliphatic heterocycles. The maximum absolute atomic E-state index is 12.7. The van der Waals surface area contributed by atoms with E-state index >= 15 is 0 Å². The van der Waals surface area contributed by atoms with Crippen LogP contribution in [0.2, 0.25) is 0 Å². The van der Waals surface area contributed by atoms with Crippen molar-refractivity contribution in [3.05, 3.63) is 23.5 Å². The minimum absolute atomic E-state index is 0.135. The van der Waals surface area contributed by atoms with Gasteiger partial charge in [0, 0.05) is 57.3 Å². The summed E-state index contributed by atoms with van der Waals surface area (Å²) in [6.45, 7) is 5.57. The van der Waals surface area contributed by atoms with Crippen molar-refractivity contribution in [1.82, 2.24) is 29.7 Å².